The number of rotatable bonds is 13. The molecule has 0 aliphatic rings. The van der Waals surface area contributed by atoms with Crippen molar-refractivity contribution in [2.75, 3.05) is 20.6 Å². The van der Waals surface area contributed by atoms with E-state index >= 15 is 0 Å². The van der Waals surface area contributed by atoms with E-state index in [1.54, 1.807) is 0 Å². The van der Waals surface area contributed by atoms with E-state index in [0.29, 0.717) is 5.78 Å². The van der Waals surface area contributed by atoms with Gasteiger partial charge in [0.05, 0.1) is 0 Å². The lowest BCUT2D eigenvalue weighted by Gasteiger charge is -2.20. The van der Waals surface area contributed by atoms with Crippen molar-refractivity contribution in [3.05, 3.63) is 35.9 Å². The molecule has 0 fully saturated rings. The van der Waals surface area contributed by atoms with Crippen LogP contribution in [0.2, 0.25) is 0 Å². The second-order valence-electron chi connectivity index (χ2n) is 6.95. The molecule has 1 aromatic carbocycles. The number of carbonyl (C=O) groups is 1. The normalized spacial score (nSPS) is 12.5. The van der Waals surface area contributed by atoms with E-state index in [4.69, 9.17) is 0 Å². The first-order valence-corrected chi connectivity index (χ1v) is 9.39. The van der Waals surface area contributed by atoms with Crippen LogP contribution in [0.15, 0.2) is 30.3 Å². The van der Waals surface area contributed by atoms with Crippen LogP contribution in [-0.4, -0.2) is 31.3 Å². The van der Waals surface area contributed by atoms with Gasteiger partial charge in [-0.3, -0.25) is 4.79 Å². The second kappa shape index (κ2) is 12.3. The van der Waals surface area contributed by atoms with Gasteiger partial charge in [0.1, 0.15) is 0 Å². The minimum absolute atomic E-state index is 0.132. The van der Waals surface area contributed by atoms with Gasteiger partial charge in [-0.25, -0.2) is 0 Å². The van der Waals surface area contributed by atoms with E-state index < -0.39 is 0 Å². The average molecular weight is 318 g/mol. The highest BCUT2D eigenvalue weighted by molar-refractivity contribution is 5.97. The molecule has 1 atom stereocenters. The van der Waals surface area contributed by atoms with Crippen LogP contribution in [-0.2, 0) is 0 Å². The largest absolute Gasteiger partial charge is 0.309 e. The maximum Gasteiger partial charge on any atom is 0.167 e. The molecule has 0 radical (unpaired) electrons. The fourth-order valence-electron chi connectivity index (χ4n) is 3.11. The van der Waals surface area contributed by atoms with Crippen molar-refractivity contribution in [1.29, 1.82) is 0 Å². The lowest BCUT2D eigenvalue weighted by Crippen LogP contribution is -2.28. The fourth-order valence-corrected chi connectivity index (χ4v) is 3.11. The topological polar surface area (TPSA) is 20.3 Å². The van der Waals surface area contributed by atoms with Crippen LogP contribution in [0.1, 0.15) is 75.1 Å². The van der Waals surface area contributed by atoms with E-state index in [0.717, 1.165) is 18.5 Å². The third kappa shape index (κ3) is 8.90. The first-order valence-electron chi connectivity index (χ1n) is 9.39. The quantitative estimate of drug-likeness (QED) is 0.350. The van der Waals surface area contributed by atoms with Gasteiger partial charge >= 0.3 is 0 Å². The van der Waals surface area contributed by atoms with E-state index in [-0.39, 0.29) is 5.92 Å². The molecule has 2 nitrogen and oxygen atoms in total. The Labute approximate surface area is 143 Å². The molecule has 1 rings (SSSR count). The Kier molecular flexibility index (Phi) is 10.6. The Morgan fingerprint density at radius 1 is 0.913 bits per heavy atom. The average Bonchev–Trinajstić information content (AvgIpc) is 2.56. The van der Waals surface area contributed by atoms with Crippen molar-refractivity contribution in [1.82, 2.24) is 4.90 Å². The summed E-state index contributed by atoms with van der Waals surface area (Å²) in [5.41, 5.74) is 0.860. The number of nitrogens with zero attached hydrogens (tertiary/aromatic N) is 1. The lowest BCUT2D eigenvalue weighted by atomic mass is 9.91. The molecular formula is C21H35NO. The fraction of sp³-hybridized carbons (Fsp3) is 0.667. The number of hydrogen-bond donors (Lipinski definition) is 0. The molecular weight excluding hydrogens is 282 g/mol. The van der Waals surface area contributed by atoms with E-state index in [9.17, 15) is 4.79 Å². The molecule has 0 spiro atoms. The third-order valence-corrected chi connectivity index (χ3v) is 4.42. The Bertz CT molecular complexity index is 413. The Morgan fingerprint density at radius 3 is 2.04 bits per heavy atom. The van der Waals surface area contributed by atoms with Crippen LogP contribution < -0.4 is 0 Å². The molecule has 0 unspecified atom stereocenters. The summed E-state index contributed by atoms with van der Waals surface area (Å²) in [6.07, 6.45) is 11.6. The molecule has 0 saturated carbocycles. The van der Waals surface area contributed by atoms with Gasteiger partial charge in [-0.2, -0.15) is 0 Å². The molecule has 0 amide bonds. The van der Waals surface area contributed by atoms with Crippen LogP contribution in [0, 0.1) is 5.92 Å². The zero-order valence-electron chi connectivity index (χ0n) is 15.4. The number of hydrogen-bond acceptors (Lipinski definition) is 2. The minimum atomic E-state index is 0.132. The summed E-state index contributed by atoms with van der Waals surface area (Å²) in [5.74, 6) is 0.440. The molecule has 0 N–H and O–H groups in total. The van der Waals surface area contributed by atoms with Crippen LogP contribution >= 0.6 is 0 Å². The number of unbranched alkanes of at least 4 members (excludes halogenated alkanes) is 7. The number of Topliss-reactive ketones (excluding diaryl/α,β-unsaturated/α-hetero) is 1. The SMILES string of the molecule is CCCCCCCCCC[C@H](CN(C)C)C(=O)c1ccccc1. The van der Waals surface area contributed by atoms with Gasteiger partial charge in [0, 0.05) is 18.0 Å². The van der Waals surface area contributed by atoms with Crippen molar-refractivity contribution in [3.63, 3.8) is 0 Å². The molecule has 130 valence electrons. The Hall–Kier alpha value is -1.15. The first-order chi connectivity index (χ1) is 11.1. The highest BCUT2D eigenvalue weighted by Crippen LogP contribution is 2.18. The van der Waals surface area contributed by atoms with E-state index in [1.807, 2.05) is 30.3 Å². The Balaban J connectivity index is 2.33. The van der Waals surface area contributed by atoms with Crippen molar-refractivity contribution in [2.45, 2.75) is 64.7 Å². The maximum atomic E-state index is 12.7. The molecule has 0 aliphatic heterocycles. The summed E-state index contributed by atoms with van der Waals surface area (Å²) >= 11 is 0. The van der Waals surface area contributed by atoms with E-state index in [1.165, 1.54) is 51.4 Å². The monoisotopic (exact) mass is 317 g/mol. The molecule has 1 aromatic rings. The summed E-state index contributed by atoms with van der Waals surface area (Å²) in [6.45, 7) is 3.11. The van der Waals surface area contributed by atoms with Crippen molar-refractivity contribution >= 4 is 5.78 Å². The van der Waals surface area contributed by atoms with Crippen molar-refractivity contribution in [2.24, 2.45) is 5.92 Å². The molecule has 23 heavy (non-hydrogen) atoms. The summed E-state index contributed by atoms with van der Waals surface area (Å²) < 4.78 is 0. The molecule has 2 heteroatoms. The van der Waals surface area contributed by atoms with Crippen LogP contribution in [0.25, 0.3) is 0 Å². The molecule has 0 bridgehead atoms. The highest BCUT2D eigenvalue weighted by atomic mass is 16.1. The Morgan fingerprint density at radius 2 is 1.48 bits per heavy atom. The predicted molar refractivity (Wildman–Crippen MR) is 100 cm³/mol. The van der Waals surface area contributed by atoms with Crippen molar-refractivity contribution in [3.8, 4) is 0 Å². The maximum absolute atomic E-state index is 12.7. The van der Waals surface area contributed by atoms with E-state index in [2.05, 4.69) is 25.9 Å². The standard InChI is InChI=1S/C21H35NO/c1-4-5-6-7-8-9-10-12-17-20(18-22(2)3)21(23)19-15-13-11-14-16-19/h11,13-16,20H,4-10,12,17-18H2,1-3H3/t20-/m1/s1. The lowest BCUT2D eigenvalue weighted by molar-refractivity contribution is 0.0887. The van der Waals surface area contributed by atoms with Gasteiger partial charge in [0.15, 0.2) is 5.78 Å². The van der Waals surface area contributed by atoms with Crippen LogP contribution in [0.4, 0.5) is 0 Å². The number of carbonyl (C=O) groups excluding carboxylic acids is 1. The summed E-state index contributed by atoms with van der Waals surface area (Å²) in [7, 11) is 4.11. The predicted octanol–water partition coefficient (Wildman–Crippen LogP) is 5.58. The molecule has 0 heterocycles. The third-order valence-electron chi connectivity index (χ3n) is 4.42. The van der Waals surface area contributed by atoms with Gasteiger partial charge in [-0.15, -0.1) is 0 Å². The van der Waals surface area contributed by atoms with Crippen LogP contribution in [0.5, 0.6) is 0 Å². The summed E-state index contributed by atoms with van der Waals surface area (Å²) in [5, 5.41) is 0. The summed E-state index contributed by atoms with van der Waals surface area (Å²) in [6, 6.07) is 9.76. The first kappa shape index (κ1) is 19.9. The number of benzene rings is 1. The second-order valence-corrected chi connectivity index (χ2v) is 6.95. The number of ketones is 1. The zero-order valence-corrected chi connectivity index (χ0v) is 15.4. The highest BCUT2D eigenvalue weighted by Gasteiger charge is 2.20. The van der Waals surface area contributed by atoms with Gasteiger partial charge in [0.25, 0.3) is 0 Å². The van der Waals surface area contributed by atoms with Crippen LogP contribution in [0.3, 0.4) is 0 Å². The smallest absolute Gasteiger partial charge is 0.167 e. The van der Waals surface area contributed by atoms with Crippen molar-refractivity contribution < 1.29 is 4.79 Å². The summed E-state index contributed by atoms with van der Waals surface area (Å²) in [4.78, 5) is 14.8. The zero-order chi connectivity index (χ0) is 16.9. The molecule has 0 saturated heterocycles. The molecule has 0 aromatic heterocycles. The van der Waals surface area contributed by atoms with Gasteiger partial charge < -0.3 is 4.90 Å². The molecule has 0 aliphatic carbocycles. The minimum Gasteiger partial charge on any atom is -0.309 e. The van der Waals surface area contributed by atoms with Gasteiger partial charge in [-0.05, 0) is 20.5 Å². The van der Waals surface area contributed by atoms with Gasteiger partial charge in [0.2, 0.25) is 0 Å². The van der Waals surface area contributed by atoms with Gasteiger partial charge in [-0.1, -0.05) is 88.6 Å².